The van der Waals surface area contributed by atoms with Crippen LogP contribution in [-0.2, 0) is 15.4 Å². The number of imidazole rings is 2. The fourth-order valence-electron chi connectivity index (χ4n) is 8.39. The Balaban J connectivity index is 0.936. The molecule has 0 radical (unpaired) electrons. The summed E-state index contributed by atoms with van der Waals surface area (Å²) in [5.74, 6) is -1.38. The van der Waals surface area contributed by atoms with Crippen LogP contribution >= 0.6 is 0 Å². The summed E-state index contributed by atoms with van der Waals surface area (Å²) in [5.41, 5.74) is 6.02. The zero-order chi connectivity index (χ0) is 29.9. The molecule has 3 saturated heterocycles. The summed E-state index contributed by atoms with van der Waals surface area (Å²) in [5, 5.41) is 7.12. The number of alkyl halides is 2. The van der Waals surface area contributed by atoms with Crippen LogP contribution in [-0.4, -0.2) is 51.5 Å². The second kappa shape index (κ2) is 9.29. The van der Waals surface area contributed by atoms with Crippen LogP contribution < -0.4 is 10.6 Å². The molecular weight excluding hydrogens is 574 g/mol. The zero-order valence-electron chi connectivity index (χ0n) is 24.5. The summed E-state index contributed by atoms with van der Waals surface area (Å²) in [6.07, 6.45) is 6.06. The number of rotatable bonds is 4. The minimum Gasteiger partial charge on any atom is -0.346 e. The molecular formula is C35H32F2N6O2. The molecule has 2 aliphatic carbocycles. The molecule has 3 aliphatic heterocycles. The number of ether oxygens (including phenoxy) is 2. The first-order valence-corrected chi connectivity index (χ1v) is 15.9. The van der Waals surface area contributed by atoms with Gasteiger partial charge in [-0.15, -0.1) is 0 Å². The van der Waals surface area contributed by atoms with E-state index < -0.39 is 11.7 Å². The Morgan fingerprint density at radius 3 is 2.36 bits per heavy atom. The number of H-pyrrole nitrogens is 2. The second-order valence-electron chi connectivity index (χ2n) is 13.3. The van der Waals surface area contributed by atoms with E-state index in [0.29, 0.717) is 60.5 Å². The quantitative estimate of drug-likeness (QED) is 0.191. The van der Waals surface area contributed by atoms with Crippen molar-refractivity contribution in [3.63, 3.8) is 0 Å². The van der Waals surface area contributed by atoms with E-state index in [0.717, 1.165) is 33.8 Å². The molecule has 4 atom stereocenters. The molecule has 10 heteroatoms. The van der Waals surface area contributed by atoms with Crippen LogP contribution in [0, 0.1) is 5.92 Å². The predicted octanol–water partition coefficient (Wildman–Crippen LogP) is 6.33. The molecule has 2 unspecified atom stereocenters. The molecule has 3 aromatic carbocycles. The third kappa shape index (κ3) is 3.95. The van der Waals surface area contributed by atoms with E-state index in [1.54, 1.807) is 24.4 Å². The minimum atomic E-state index is -3.13. The van der Waals surface area contributed by atoms with Gasteiger partial charge >= 0.3 is 0 Å². The van der Waals surface area contributed by atoms with E-state index in [9.17, 15) is 0 Å². The topological polar surface area (TPSA) is 99.9 Å². The highest BCUT2D eigenvalue weighted by molar-refractivity contribution is 5.86. The third-order valence-corrected chi connectivity index (χ3v) is 10.7. The van der Waals surface area contributed by atoms with E-state index in [2.05, 4.69) is 25.6 Å². The second-order valence-corrected chi connectivity index (χ2v) is 13.3. The summed E-state index contributed by atoms with van der Waals surface area (Å²) in [6.45, 7) is 1.77. The van der Waals surface area contributed by atoms with E-state index in [1.807, 2.05) is 36.4 Å². The van der Waals surface area contributed by atoms with Crippen LogP contribution in [0.2, 0.25) is 0 Å². The molecule has 4 N–H and O–H groups in total. The first-order valence-electron chi connectivity index (χ1n) is 15.9. The monoisotopic (exact) mass is 606 g/mol. The number of hydrogen-bond donors (Lipinski definition) is 4. The van der Waals surface area contributed by atoms with Crippen LogP contribution in [0.1, 0.15) is 60.5 Å². The number of benzene rings is 3. The maximum absolute atomic E-state index is 16.2. The highest BCUT2D eigenvalue weighted by Gasteiger charge is 2.46. The van der Waals surface area contributed by atoms with Crippen LogP contribution in [0.3, 0.4) is 0 Å². The van der Waals surface area contributed by atoms with E-state index in [-0.39, 0.29) is 23.2 Å². The molecule has 8 nitrogen and oxygen atoms in total. The van der Waals surface area contributed by atoms with Crippen LogP contribution in [0.25, 0.3) is 44.5 Å². The van der Waals surface area contributed by atoms with Gasteiger partial charge in [-0.3, -0.25) is 0 Å². The normalized spacial score (nSPS) is 27.2. The van der Waals surface area contributed by atoms with Crippen molar-refractivity contribution in [3.05, 3.63) is 83.6 Å². The average Bonchev–Trinajstić information content (AvgIpc) is 3.91. The smallest absolute Gasteiger partial charge is 0.299 e. The number of aromatic nitrogens is 4. The molecule has 1 spiro atoms. The first kappa shape index (κ1) is 26.3. The van der Waals surface area contributed by atoms with E-state index >= 15 is 8.78 Å². The number of hydrogen-bond acceptors (Lipinski definition) is 6. The van der Waals surface area contributed by atoms with Crippen molar-refractivity contribution in [2.75, 3.05) is 19.8 Å². The molecule has 10 rings (SSSR count). The van der Waals surface area contributed by atoms with Gasteiger partial charge in [-0.25, -0.2) is 9.97 Å². The standard InChI is InChI=1S/C35H32F2N6O2/c36-35(37)25-12-18(19-4-8-27-28(14-19)42-33(41-27)31-21-1-5-22(11-21)40-31)2-6-23(25)24-7-3-20(13-26(24)35)30-16-38-32(43-30)29-15-34(17-39-29)44-9-10-45-34/h2-4,6-8,12-14,16,21-22,29,31,39-40H,1,5,9-11,15,17H2,(H,38,43)(H,41,42)/t21?,22-,29-,31?/m1/s1. The highest BCUT2D eigenvalue weighted by atomic mass is 19.3. The molecule has 2 aromatic heterocycles. The van der Waals surface area contributed by atoms with Gasteiger partial charge in [0.25, 0.3) is 5.92 Å². The Morgan fingerprint density at radius 2 is 1.58 bits per heavy atom. The van der Waals surface area contributed by atoms with Crippen LogP contribution in [0.4, 0.5) is 8.78 Å². The van der Waals surface area contributed by atoms with Gasteiger partial charge in [0.2, 0.25) is 0 Å². The molecule has 228 valence electrons. The van der Waals surface area contributed by atoms with Gasteiger partial charge in [0, 0.05) is 29.2 Å². The van der Waals surface area contributed by atoms with Crippen molar-refractivity contribution in [1.29, 1.82) is 0 Å². The average molecular weight is 607 g/mol. The number of piperidine rings is 1. The van der Waals surface area contributed by atoms with Gasteiger partial charge in [0.15, 0.2) is 5.79 Å². The highest BCUT2D eigenvalue weighted by Crippen LogP contribution is 2.53. The van der Waals surface area contributed by atoms with Gasteiger partial charge in [-0.1, -0.05) is 30.3 Å². The fourth-order valence-corrected chi connectivity index (χ4v) is 8.39. The minimum absolute atomic E-state index is 0.0148. The number of aromatic amines is 2. The molecule has 0 amide bonds. The van der Waals surface area contributed by atoms with Crippen molar-refractivity contribution >= 4 is 11.0 Å². The molecule has 5 heterocycles. The largest absolute Gasteiger partial charge is 0.346 e. The molecule has 5 aliphatic rings. The Kier molecular flexibility index (Phi) is 5.43. The molecule has 2 bridgehead atoms. The van der Waals surface area contributed by atoms with Crippen LogP contribution in [0.15, 0.2) is 60.8 Å². The van der Waals surface area contributed by atoms with Crippen molar-refractivity contribution in [2.24, 2.45) is 5.92 Å². The molecule has 1 saturated carbocycles. The Morgan fingerprint density at radius 1 is 0.822 bits per heavy atom. The first-order chi connectivity index (χ1) is 21.9. The fraction of sp³-hybridized carbons (Fsp3) is 0.371. The lowest BCUT2D eigenvalue weighted by Gasteiger charge is -2.20. The van der Waals surface area contributed by atoms with Gasteiger partial charge in [0.05, 0.1) is 54.8 Å². The Hall–Kier alpha value is -3.96. The summed E-state index contributed by atoms with van der Waals surface area (Å²) in [6, 6.07) is 17.5. The molecule has 5 aromatic rings. The maximum Gasteiger partial charge on any atom is 0.299 e. The van der Waals surface area contributed by atoms with Crippen molar-refractivity contribution < 1.29 is 18.3 Å². The van der Waals surface area contributed by atoms with Gasteiger partial charge in [0.1, 0.15) is 11.6 Å². The van der Waals surface area contributed by atoms with Crippen molar-refractivity contribution in [1.82, 2.24) is 30.6 Å². The number of fused-ring (bicyclic) bond motifs is 6. The predicted molar refractivity (Wildman–Crippen MR) is 165 cm³/mol. The van der Waals surface area contributed by atoms with Crippen molar-refractivity contribution in [3.8, 4) is 33.5 Å². The third-order valence-electron chi connectivity index (χ3n) is 10.7. The van der Waals surface area contributed by atoms with Gasteiger partial charge in [-0.05, 0) is 71.7 Å². The van der Waals surface area contributed by atoms with Gasteiger partial charge < -0.3 is 30.1 Å². The van der Waals surface area contributed by atoms with E-state index in [1.165, 1.54) is 19.3 Å². The van der Waals surface area contributed by atoms with Crippen molar-refractivity contribution in [2.45, 2.75) is 55.5 Å². The summed E-state index contributed by atoms with van der Waals surface area (Å²) >= 11 is 0. The summed E-state index contributed by atoms with van der Waals surface area (Å²) < 4.78 is 43.9. The number of nitrogens with one attached hydrogen (secondary N) is 4. The zero-order valence-corrected chi connectivity index (χ0v) is 24.5. The number of halogens is 2. The lowest BCUT2D eigenvalue weighted by Crippen LogP contribution is -2.32. The Labute approximate surface area is 258 Å². The van der Waals surface area contributed by atoms with E-state index in [4.69, 9.17) is 14.5 Å². The van der Waals surface area contributed by atoms with Crippen LogP contribution in [0.5, 0.6) is 0 Å². The maximum atomic E-state index is 16.2. The van der Waals surface area contributed by atoms with Gasteiger partial charge in [-0.2, -0.15) is 8.78 Å². The number of nitrogens with zero attached hydrogens (tertiary/aromatic N) is 2. The SMILES string of the molecule is FC1(F)c2cc(-c3ccc4nc(C5N[C@@H]6CCC5C6)[nH]c4c3)ccc2-c2ccc(-c3cnc([C@H]4CC5(CN4)OCCO5)[nH]3)cc21. The molecule has 4 fully saturated rings. The summed E-state index contributed by atoms with van der Waals surface area (Å²) in [7, 11) is 0. The molecule has 45 heavy (non-hydrogen) atoms. The Bertz CT molecular complexity index is 2000. The lowest BCUT2D eigenvalue weighted by atomic mass is 9.98. The summed E-state index contributed by atoms with van der Waals surface area (Å²) in [4.78, 5) is 16.3. The lowest BCUT2D eigenvalue weighted by molar-refractivity contribution is -0.141.